The topological polar surface area (TPSA) is 21.6 Å². The molecule has 0 aliphatic heterocycles. The van der Waals surface area contributed by atoms with Gasteiger partial charge in [0.05, 0.1) is 6.21 Å². The lowest BCUT2D eigenvalue weighted by Gasteiger charge is -1.97. The molecule has 0 atom stereocenters. The number of rotatable bonds is 4. The number of nitrogens with zero attached hydrogens (tertiary/aromatic N) is 1. The van der Waals surface area contributed by atoms with Gasteiger partial charge in [0, 0.05) is 0 Å². The molecular weight excluding hydrogens is 150 g/mol. The van der Waals surface area contributed by atoms with Crippen LogP contribution in [0, 0.1) is 0 Å². The van der Waals surface area contributed by atoms with Crippen LogP contribution in [0.5, 0.6) is 0 Å². The van der Waals surface area contributed by atoms with Gasteiger partial charge in [0.25, 0.3) is 0 Å². The van der Waals surface area contributed by atoms with Gasteiger partial charge in [-0.15, -0.1) is 0 Å². The molecule has 1 rings (SSSR count). The summed E-state index contributed by atoms with van der Waals surface area (Å²) >= 11 is 0. The molecule has 12 heavy (non-hydrogen) atoms. The van der Waals surface area contributed by atoms with Gasteiger partial charge in [0.2, 0.25) is 0 Å². The van der Waals surface area contributed by atoms with E-state index in [0.717, 1.165) is 5.56 Å². The predicted molar refractivity (Wildman–Crippen MR) is 49.9 cm³/mol. The lowest BCUT2D eigenvalue weighted by Crippen LogP contribution is -1.85. The molecule has 62 valence electrons. The summed E-state index contributed by atoms with van der Waals surface area (Å²) < 4.78 is 0. The monoisotopic (exact) mass is 161 g/mol. The highest BCUT2D eigenvalue weighted by Gasteiger charge is 1.87. The number of benzene rings is 1. The molecule has 0 amide bonds. The van der Waals surface area contributed by atoms with E-state index in [1.54, 1.807) is 6.08 Å². The smallest absolute Gasteiger partial charge is 0.142 e. The van der Waals surface area contributed by atoms with Crippen molar-refractivity contribution in [3.05, 3.63) is 48.6 Å². The fraction of sp³-hybridized carbons (Fsp3) is 0.100. The molecule has 0 aliphatic carbocycles. The summed E-state index contributed by atoms with van der Waals surface area (Å²) in [6.07, 6.45) is 3.09. The second kappa shape index (κ2) is 5.13. The second-order valence-corrected chi connectivity index (χ2v) is 2.25. The molecule has 2 nitrogen and oxygen atoms in total. The Hall–Kier alpha value is -1.57. The minimum atomic E-state index is 0.505. The van der Waals surface area contributed by atoms with Gasteiger partial charge in [-0.2, -0.15) is 0 Å². The zero-order chi connectivity index (χ0) is 8.65. The molecule has 0 bridgehead atoms. The van der Waals surface area contributed by atoms with Crippen LogP contribution in [0.15, 0.2) is 48.1 Å². The van der Waals surface area contributed by atoms with E-state index < -0.39 is 0 Å². The normalized spacial score (nSPS) is 10.0. The highest BCUT2D eigenvalue weighted by Crippen LogP contribution is 1.99. The van der Waals surface area contributed by atoms with Crippen LogP contribution in [-0.2, 0) is 11.4 Å². The molecule has 0 unspecified atom stereocenters. The minimum absolute atomic E-state index is 0.505. The van der Waals surface area contributed by atoms with E-state index in [9.17, 15) is 0 Å². The van der Waals surface area contributed by atoms with Gasteiger partial charge in [0.1, 0.15) is 6.61 Å². The van der Waals surface area contributed by atoms with Crippen molar-refractivity contribution in [2.24, 2.45) is 5.16 Å². The molecule has 0 aliphatic rings. The van der Waals surface area contributed by atoms with Crippen LogP contribution in [0.3, 0.4) is 0 Å². The van der Waals surface area contributed by atoms with Crippen LogP contribution in [-0.4, -0.2) is 6.21 Å². The fourth-order valence-electron chi connectivity index (χ4n) is 0.772. The second-order valence-electron chi connectivity index (χ2n) is 2.25. The summed E-state index contributed by atoms with van der Waals surface area (Å²) in [6, 6.07) is 9.88. The van der Waals surface area contributed by atoms with Gasteiger partial charge in [-0.1, -0.05) is 42.1 Å². The molecule has 0 fully saturated rings. The van der Waals surface area contributed by atoms with Gasteiger partial charge >= 0.3 is 0 Å². The summed E-state index contributed by atoms with van der Waals surface area (Å²) in [7, 11) is 0. The summed E-state index contributed by atoms with van der Waals surface area (Å²) in [5.41, 5.74) is 1.11. The van der Waals surface area contributed by atoms with E-state index in [0.29, 0.717) is 6.61 Å². The molecule has 0 saturated carbocycles. The quantitative estimate of drug-likeness (QED) is 0.490. The van der Waals surface area contributed by atoms with Crippen LogP contribution in [0.1, 0.15) is 5.56 Å². The Balaban J connectivity index is 2.33. The molecule has 0 saturated heterocycles. The third kappa shape index (κ3) is 3.01. The van der Waals surface area contributed by atoms with Crippen LogP contribution < -0.4 is 0 Å². The molecular formula is C10H11NO. The number of allylic oxidation sites excluding steroid dienone is 1. The first-order valence-electron chi connectivity index (χ1n) is 3.74. The summed E-state index contributed by atoms with van der Waals surface area (Å²) in [5.74, 6) is 0. The first-order valence-corrected chi connectivity index (χ1v) is 3.74. The van der Waals surface area contributed by atoms with Crippen molar-refractivity contribution in [2.75, 3.05) is 0 Å². The van der Waals surface area contributed by atoms with Crippen LogP contribution in [0.2, 0.25) is 0 Å². The van der Waals surface area contributed by atoms with Crippen LogP contribution in [0.4, 0.5) is 0 Å². The zero-order valence-corrected chi connectivity index (χ0v) is 6.81. The SMILES string of the molecule is C=C/C=N/OCc1ccccc1. The number of hydrogen-bond donors (Lipinski definition) is 0. The Labute approximate surface area is 72.2 Å². The molecule has 0 N–H and O–H groups in total. The van der Waals surface area contributed by atoms with Crippen molar-refractivity contribution in [1.82, 2.24) is 0 Å². The number of hydrogen-bond acceptors (Lipinski definition) is 2. The van der Waals surface area contributed by atoms with Crippen molar-refractivity contribution in [3.8, 4) is 0 Å². The highest BCUT2D eigenvalue weighted by molar-refractivity contribution is 5.69. The standard InChI is InChI=1S/C10H11NO/c1-2-8-11-12-9-10-6-4-3-5-7-10/h2-8H,1,9H2/b11-8+. The molecule has 2 heteroatoms. The van der Waals surface area contributed by atoms with Crippen LogP contribution in [0.25, 0.3) is 0 Å². The van der Waals surface area contributed by atoms with E-state index in [1.165, 1.54) is 6.21 Å². The van der Waals surface area contributed by atoms with Crippen molar-refractivity contribution in [3.63, 3.8) is 0 Å². The molecule has 0 radical (unpaired) electrons. The molecule has 0 aromatic heterocycles. The Morgan fingerprint density at radius 1 is 1.33 bits per heavy atom. The van der Waals surface area contributed by atoms with Crippen molar-refractivity contribution >= 4 is 6.21 Å². The maximum atomic E-state index is 4.96. The third-order valence-electron chi connectivity index (χ3n) is 1.31. The Morgan fingerprint density at radius 2 is 2.08 bits per heavy atom. The number of oxime groups is 1. The fourth-order valence-corrected chi connectivity index (χ4v) is 0.772. The van der Waals surface area contributed by atoms with E-state index >= 15 is 0 Å². The van der Waals surface area contributed by atoms with Gasteiger partial charge in [0.15, 0.2) is 0 Å². The van der Waals surface area contributed by atoms with E-state index in [2.05, 4.69) is 11.7 Å². The maximum Gasteiger partial charge on any atom is 0.142 e. The average Bonchev–Trinajstić information content (AvgIpc) is 2.14. The van der Waals surface area contributed by atoms with Gasteiger partial charge in [-0.05, 0) is 11.6 Å². The molecule has 1 aromatic carbocycles. The van der Waals surface area contributed by atoms with Crippen molar-refractivity contribution < 1.29 is 4.84 Å². The highest BCUT2D eigenvalue weighted by atomic mass is 16.6. The van der Waals surface area contributed by atoms with Gasteiger partial charge in [-0.3, -0.25) is 0 Å². The minimum Gasteiger partial charge on any atom is -0.391 e. The Morgan fingerprint density at radius 3 is 2.75 bits per heavy atom. The average molecular weight is 161 g/mol. The van der Waals surface area contributed by atoms with E-state index in [-0.39, 0.29) is 0 Å². The van der Waals surface area contributed by atoms with E-state index in [1.807, 2.05) is 30.3 Å². The summed E-state index contributed by atoms with van der Waals surface area (Å²) in [6.45, 7) is 3.98. The summed E-state index contributed by atoms with van der Waals surface area (Å²) in [4.78, 5) is 4.96. The lowest BCUT2D eigenvalue weighted by atomic mass is 10.2. The molecule has 1 aromatic rings. The molecule has 0 heterocycles. The van der Waals surface area contributed by atoms with Gasteiger partial charge in [-0.25, -0.2) is 0 Å². The lowest BCUT2D eigenvalue weighted by molar-refractivity contribution is 0.132. The maximum absolute atomic E-state index is 4.96. The largest absolute Gasteiger partial charge is 0.391 e. The first-order chi connectivity index (χ1) is 5.93. The predicted octanol–water partition coefficient (Wildman–Crippen LogP) is 2.38. The molecule has 0 spiro atoms. The summed E-state index contributed by atoms with van der Waals surface area (Å²) in [5, 5.41) is 3.64. The van der Waals surface area contributed by atoms with Crippen molar-refractivity contribution in [2.45, 2.75) is 6.61 Å². The van der Waals surface area contributed by atoms with Crippen LogP contribution >= 0.6 is 0 Å². The Bertz CT molecular complexity index is 254. The first kappa shape index (κ1) is 8.53. The van der Waals surface area contributed by atoms with E-state index in [4.69, 9.17) is 4.84 Å². The van der Waals surface area contributed by atoms with Gasteiger partial charge < -0.3 is 4.84 Å². The Kier molecular flexibility index (Phi) is 3.64. The van der Waals surface area contributed by atoms with Crippen molar-refractivity contribution in [1.29, 1.82) is 0 Å². The zero-order valence-electron chi connectivity index (χ0n) is 6.81. The third-order valence-corrected chi connectivity index (χ3v) is 1.31.